The number of benzene rings is 1. The molecule has 0 unspecified atom stereocenters. The fourth-order valence-electron chi connectivity index (χ4n) is 1.90. The SMILES string of the molecule is NC(=S)S.c1ccc(CN2CCCNCC2)cc1. The van der Waals surface area contributed by atoms with E-state index in [0.29, 0.717) is 0 Å². The Morgan fingerprint density at radius 2 is 1.94 bits per heavy atom. The molecule has 1 saturated heterocycles. The molecular weight excluding hydrogens is 262 g/mol. The number of nitrogens with two attached hydrogens (primary N) is 1. The molecule has 0 bridgehead atoms. The average molecular weight is 283 g/mol. The molecule has 0 aliphatic carbocycles. The first kappa shape index (κ1) is 15.4. The van der Waals surface area contributed by atoms with E-state index in [1.165, 1.54) is 31.6 Å². The maximum Gasteiger partial charge on any atom is 0.128 e. The van der Waals surface area contributed by atoms with E-state index in [4.69, 9.17) is 5.73 Å². The van der Waals surface area contributed by atoms with Crippen molar-refractivity contribution in [2.24, 2.45) is 5.73 Å². The summed E-state index contributed by atoms with van der Waals surface area (Å²) in [5, 5.41) is 3.42. The number of rotatable bonds is 2. The summed E-state index contributed by atoms with van der Waals surface area (Å²) in [5.41, 5.74) is 6.13. The molecule has 1 heterocycles. The largest absolute Gasteiger partial charge is 0.385 e. The van der Waals surface area contributed by atoms with Crippen LogP contribution >= 0.6 is 24.8 Å². The van der Waals surface area contributed by atoms with E-state index >= 15 is 0 Å². The van der Waals surface area contributed by atoms with E-state index in [2.05, 4.69) is 65.4 Å². The summed E-state index contributed by atoms with van der Waals surface area (Å²) in [7, 11) is 0. The summed E-state index contributed by atoms with van der Waals surface area (Å²) in [6.07, 6.45) is 1.27. The molecule has 0 radical (unpaired) electrons. The fraction of sp³-hybridized carbons (Fsp3) is 0.462. The highest BCUT2D eigenvalue weighted by Gasteiger charge is 2.07. The Labute approximate surface area is 120 Å². The number of hydrogen-bond acceptors (Lipinski definition) is 3. The fourth-order valence-corrected chi connectivity index (χ4v) is 1.90. The second kappa shape index (κ2) is 9.33. The van der Waals surface area contributed by atoms with Gasteiger partial charge in [-0.25, -0.2) is 0 Å². The quantitative estimate of drug-likeness (QED) is 0.570. The minimum absolute atomic E-state index is 0.194. The van der Waals surface area contributed by atoms with Gasteiger partial charge >= 0.3 is 0 Å². The molecule has 3 nitrogen and oxygen atoms in total. The summed E-state index contributed by atoms with van der Waals surface area (Å²) in [6.45, 7) is 5.80. The number of thiocarbonyl (C=S) groups is 1. The highest BCUT2D eigenvalue weighted by molar-refractivity contribution is 8.10. The molecule has 1 fully saturated rings. The van der Waals surface area contributed by atoms with Crippen molar-refractivity contribution in [2.75, 3.05) is 26.2 Å². The molecule has 0 aromatic heterocycles. The van der Waals surface area contributed by atoms with Gasteiger partial charge in [0.05, 0.1) is 0 Å². The van der Waals surface area contributed by atoms with Crippen molar-refractivity contribution in [2.45, 2.75) is 13.0 Å². The molecule has 1 aliphatic rings. The van der Waals surface area contributed by atoms with Crippen LogP contribution in [0, 0.1) is 0 Å². The van der Waals surface area contributed by atoms with Crippen LogP contribution in [0.2, 0.25) is 0 Å². The molecule has 2 rings (SSSR count). The lowest BCUT2D eigenvalue weighted by atomic mass is 10.2. The first-order valence-electron chi connectivity index (χ1n) is 6.14. The minimum atomic E-state index is 0.194. The van der Waals surface area contributed by atoms with Gasteiger partial charge in [-0.2, -0.15) is 0 Å². The van der Waals surface area contributed by atoms with Crippen molar-refractivity contribution in [1.82, 2.24) is 10.2 Å². The molecule has 0 saturated carbocycles. The van der Waals surface area contributed by atoms with Crippen LogP contribution in [-0.4, -0.2) is 35.4 Å². The van der Waals surface area contributed by atoms with Gasteiger partial charge in [0.1, 0.15) is 4.32 Å². The predicted octanol–water partition coefficient (Wildman–Crippen LogP) is 1.64. The Balaban J connectivity index is 0.000000357. The van der Waals surface area contributed by atoms with Crippen molar-refractivity contribution in [3.63, 3.8) is 0 Å². The van der Waals surface area contributed by atoms with Crippen LogP contribution in [0.3, 0.4) is 0 Å². The van der Waals surface area contributed by atoms with Gasteiger partial charge in [-0.05, 0) is 25.1 Å². The standard InChI is InChI=1S/C12H18N2.CH3NS2/c1-2-5-12(6-3-1)11-14-9-4-7-13-8-10-14;2-1(3)4/h1-3,5-6,13H,4,7-11H2;(H3,2,3,4). The number of nitrogens with one attached hydrogen (secondary N) is 1. The van der Waals surface area contributed by atoms with E-state index in [0.717, 1.165) is 13.1 Å². The average Bonchev–Trinajstić information content (AvgIpc) is 2.58. The van der Waals surface area contributed by atoms with Crippen LogP contribution in [0.4, 0.5) is 0 Å². The summed E-state index contributed by atoms with van der Waals surface area (Å²) < 4.78 is 0.194. The van der Waals surface area contributed by atoms with Crippen LogP contribution in [0.25, 0.3) is 0 Å². The monoisotopic (exact) mass is 283 g/mol. The lowest BCUT2D eigenvalue weighted by Gasteiger charge is -2.19. The van der Waals surface area contributed by atoms with Gasteiger partial charge in [0.25, 0.3) is 0 Å². The zero-order valence-corrected chi connectivity index (χ0v) is 12.2. The highest BCUT2D eigenvalue weighted by Crippen LogP contribution is 2.05. The van der Waals surface area contributed by atoms with Gasteiger partial charge in [0, 0.05) is 19.6 Å². The van der Waals surface area contributed by atoms with Gasteiger partial charge in [0.15, 0.2) is 0 Å². The second-order valence-electron chi connectivity index (χ2n) is 4.20. The third kappa shape index (κ3) is 7.66. The molecule has 1 aliphatic heterocycles. The van der Waals surface area contributed by atoms with E-state index in [1.54, 1.807) is 0 Å². The van der Waals surface area contributed by atoms with Gasteiger partial charge in [-0.15, -0.1) is 12.6 Å². The van der Waals surface area contributed by atoms with Crippen LogP contribution in [0.5, 0.6) is 0 Å². The molecular formula is C13H21N3S2. The van der Waals surface area contributed by atoms with Crippen LogP contribution < -0.4 is 11.1 Å². The molecule has 18 heavy (non-hydrogen) atoms. The topological polar surface area (TPSA) is 41.3 Å². The van der Waals surface area contributed by atoms with Crippen molar-refractivity contribution < 1.29 is 0 Å². The summed E-state index contributed by atoms with van der Waals surface area (Å²) in [4.78, 5) is 2.52. The molecule has 0 spiro atoms. The molecule has 5 heteroatoms. The zero-order valence-electron chi connectivity index (χ0n) is 10.5. The summed E-state index contributed by atoms with van der Waals surface area (Å²) in [6, 6.07) is 10.7. The van der Waals surface area contributed by atoms with E-state index in [1.807, 2.05) is 0 Å². The third-order valence-electron chi connectivity index (χ3n) is 2.68. The summed E-state index contributed by atoms with van der Waals surface area (Å²) in [5.74, 6) is 0. The van der Waals surface area contributed by atoms with Crippen molar-refractivity contribution in [1.29, 1.82) is 0 Å². The Bertz CT molecular complexity index is 331. The first-order valence-corrected chi connectivity index (χ1v) is 6.99. The summed E-state index contributed by atoms with van der Waals surface area (Å²) >= 11 is 7.65. The number of nitrogens with zero attached hydrogens (tertiary/aromatic N) is 1. The Hall–Kier alpha value is -0.620. The number of hydrogen-bond donors (Lipinski definition) is 3. The molecule has 1 aromatic carbocycles. The minimum Gasteiger partial charge on any atom is -0.385 e. The van der Waals surface area contributed by atoms with Crippen molar-refractivity contribution >= 4 is 29.2 Å². The molecule has 0 amide bonds. The molecule has 3 N–H and O–H groups in total. The van der Waals surface area contributed by atoms with Gasteiger partial charge in [0.2, 0.25) is 0 Å². The van der Waals surface area contributed by atoms with E-state index in [9.17, 15) is 0 Å². The third-order valence-corrected chi connectivity index (χ3v) is 2.68. The first-order chi connectivity index (χ1) is 8.68. The second-order valence-corrected chi connectivity index (χ2v) is 5.43. The van der Waals surface area contributed by atoms with Crippen LogP contribution in [-0.2, 0) is 6.54 Å². The Kier molecular flexibility index (Phi) is 8.00. The molecule has 1 aromatic rings. The highest BCUT2D eigenvalue weighted by atomic mass is 32.1. The lowest BCUT2D eigenvalue weighted by molar-refractivity contribution is 0.284. The predicted molar refractivity (Wildman–Crippen MR) is 85.0 cm³/mol. The van der Waals surface area contributed by atoms with Gasteiger partial charge in [-0.3, -0.25) is 4.90 Å². The smallest absolute Gasteiger partial charge is 0.128 e. The Morgan fingerprint density at radius 3 is 2.61 bits per heavy atom. The lowest BCUT2D eigenvalue weighted by Crippen LogP contribution is -2.27. The van der Waals surface area contributed by atoms with Crippen LogP contribution in [0.15, 0.2) is 30.3 Å². The van der Waals surface area contributed by atoms with Crippen molar-refractivity contribution in [3.8, 4) is 0 Å². The zero-order chi connectivity index (χ0) is 13.2. The van der Waals surface area contributed by atoms with Crippen molar-refractivity contribution in [3.05, 3.63) is 35.9 Å². The van der Waals surface area contributed by atoms with E-state index in [-0.39, 0.29) is 4.32 Å². The van der Waals surface area contributed by atoms with Crippen LogP contribution in [0.1, 0.15) is 12.0 Å². The number of thiol groups is 1. The molecule has 0 atom stereocenters. The van der Waals surface area contributed by atoms with Gasteiger partial charge < -0.3 is 11.1 Å². The maximum absolute atomic E-state index is 4.71. The van der Waals surface area contributed by atoms with E-state index < -0.39 is 0 Å². The maximum atomic E-state index is 4.71. The molecule has 100 valence electrons. The Morgan fingerprint density at radius 1 is 1.28 bits per heavy atom. The normalized spacial score (nSPS) is 16.3. The van der Waals surface area contributed by atoms with Gasteiger partial charge in [-0.1, -0.05) is 42.5 Å².